The normalized spacial score (nSPS) is 19.9. The molecule has 2 nitrogen and oxygen atoms in total. The summed E-state index contributed by atoms with van der Waals surface area (Å²) in [7, 11) is 0. The summed E-state index contributed by atoms with van der Waals surface area (Å²) in [6.45, 7) is 1.70. The van der Waals surface area contributed by atoms with Gasteiger partial charge in [-0.05, 0) is 53.8 Å². The van der Waals surface area contributed by atoms with Crippen LogP contribution in [0.1, 0.15) is 75.9 Å². The third kappa shape index (κ3) is 3.14. The zero-order chi connectivity index (χ0) is 22.8. The Morgan fingerprint density at radius 2 is 1.69 bits per heavy atom. The maximum Gasteiger partial charge on any atom is 0.416 e. The fraction of sp³-hybridized carbons (Fsp3) is 0.280. The molecule has 0 saturated heterocycles. The SMILES string of the molecule is CC1c2cc(C(F)(F)F)ccc2C(F)c2c1nc1c(c2-c2ccc(F)cc2)C(=O)CCC1. The summed E-state index contributed by atoms with van der Waals surface area (Å²) in [6.07, 6.45) is -4.88. The number of hydrogen-bond acceptors (Lipinski definition) is 2. The molecule has 5 rings (SSSR count). The molecule has 0 radical (unpaired) electrons. The Hall–Kier alpha value is -3.09. The first-order valence-corrected chi connectivity index (χ1v) is 10.4. The van der Waals surface area contributed by atoms with Crippen LogP contribution in [0.4, 0.5) is 22.0 Å². The van der Waals surface area contributed by atoms with Crippen molar-refractivity contribution in [1.29, 1.82) is 0 Å². The van der Waals surface area contributed by atoms with Crippen molar-refractivity contribution in [3.05, 3.63) is 87.5 Å². The second-order valence-electron chi connectivity index (χ2n) is 8.32. The number of aryl methyl sites for hydroxylation is 1. The van der Waals surface area contributed by atoms with Crippen molar-refractivity contribution in [3.63, 3.8) is 0 Å². The highest BCUT2D eigenvalue weighted by atomic mass is 19.4. The highest BCUT2D eigenvalue weighted by Gasteiger charge is 2.39. The quantitative estimate of drug-likeness (QED) is 0.381. The van der Waals surface area contributed by atoms with Crippen LogP contribution in [0.15, 0.2) is 42.5 Å². The van der Waals surface area contributed by atoms with Gasteiger partial charge in [0.05, 0.1) is 17.0 Å². The average Bonchev–Trinajstić information content (AvgIpc) is 2.76. The van der Waals surface area contributed by atoms with Crippen LogP contribution in [0.25, 0.3) is 11.1 Å². The monoisotopic (exact) mass is 443 g/mol. The lowest BCUT2D eigenvalue weighted by atomic mass is 9.74. The lowest BCUT2D eigenvalue weighted by Gasteiger charge is -2.33. The number of rotatable bonds is 1. The van der Waals surface area contributed by atoms with Crippen molar-refractivity contribution in [1.82, 2.24) is 4.98 Å². The van der Waals surface area contributed by atoms with E-state index < -0.39 is 29.6 Å². The third-order valence-corrected chi connectivity index (χ3v) is 6.39. The lowest BCUT2D eigenvalue weighted by Crippen LogP contribution is -2.24. The number of benzene rings is 2. The Labute approximate surface area is 181 Å². The van der Waals surface area contributed by atoms with Crippen LogP contribution < -0.4 is 0 Å². The fourth-order valence-electron chi connectivity index (χ4n) is 4.85. The molecule has 2 aromatic carbocycles. The summed E-state index contributed by atoms with van der Waals surface area (Å²) < 4.78 is 69.4. The van der Waals surface area contributed by atoms with Crippen LogP contribution in [0.5, 0.6) is 0 Å². The van der Waals surface area contributed by atoms with Gasteiger partial charge >= 0.3 is 6.18 Å². The number of aromatic nitrogens is 1. The van der Waals surface area contributed by atoms with Gasteiger partial charge < -0.3 is 0 Å². The molecule has 3 aromatic rings. The zero-order valence-electron chi connectivity index (χ0n) is 17.1. The number of halogens is 5. The van der Waals surface area contributed by atoms with Crippen molar-refractivity contribution < 1.29 is 26.7 Å². The minimum atomic E-state index is -4.55. The van der Waals surface area contributed by atoms with E-state index >= 15 is 4.39 Å². The van der Waals surface area contributed by atoms with E-state index in [0.717, 1.165) is 18.2 Å². The van der Waals surface area contributed by atoms with Crippen molar-refractivity contribution in [2.45, 2.75) is 44.5 Å². The maximum absolute atomic E-state index is 16.0. The highest BCUT2D eigenvalue weighted by molar-refractivity contribution is 6.05. The van der Waals surface area contributed by atoms with Crippen LogP contribution in [0.3, 0.4) is 0 Å². The van der Waals surface area contributed by atoms with Crippen LogP contribution in [0.2, 0.25) is 0 Å². The van der Waals surface area contributed by atoms with E-state index in [9.17, 15) is 22.4 Å². The minimum Gasteiger partial charge on any atom is -0.294 e. The van der Waals surface area contributed by atoms with Crippen LogP contribution in [-0.2, 0) is 12.6 Å². The smallest absolute Gasteiger partial charge is 0.294 e. The average molecular weight is 443 g/mol. The highest BCUT2D eigenvalue weighted by Crippen LogP contribution is 2.50. The predicted molar refractivity (Wildman–Crippen MR) is 109 cm³/mol. The van der Waals surface area contributed by atoms with E-state index in [1.807, 2.05) is 0 Å². The van der Waals surface area contributed by atoms with Crippen LogP contribution in [-0.4, -0.2) is 10.8 Å². The Kier molecular flexibility index (Phi) is 4.69. The topological polar surface area (TPSA) is 30.0 Å². The summed E-state index contributed by atoms with van der Waals surface area (Å²) >= 11 is 0. The van der Waals surface area contributed by atoms with Gasteiger partial charge in [-0.2, -0.15) is 13.2 Å². The van der Waals surface area contributed by atoms with E-state index in [1.54, 1.807) is 6.92 Å². The van der Waals surface area contributed by atoms with Gasteiger partial charge in [0, 0.05) is 29.0 Å². The molecule has 2 unspecified atom stereocenters. The number of carbonyl (C=O) groups excluding carboxylic acids is 1. The summed E-state index contributed by atoms with van der Waals surface area (Å²) in [5.41, 5.74) is 1.76. The van der Waals surface area contributed by atoms with Gasteiger partial charge in [0.25, 0.3) is 0 Å². The van der Waals surface area contributed by atoms with Crippen molar-refractivity contribution in [2.24, 2.45) is 0 Å². The molecule has 0 N–H and O–H groups in total. The number of carbonyl (C=O) groups is 1. The van der Waals surface area contributed by atoms with Gasteiger partial charge in [-0.1, -0.05) is 25.1 Å². The summed E-state index contributed by atoms with van der Waals surface area (Å²) in [5.74, 6) is -1.22. The lowest BCUT2D eigenvalue weighted by molar-refractivity contribution is -0.137. The summed E-state index contributed by atoms with van der Waals surface area (Å²) in [5, 5.41) is 0. The number of alkyl halides is 4. The van der Waals surface area contributed by atoms with Gasteiger partial charge in [-0.3, -0.25) is 9.78 Å². The van der Waals surface area contributed by atoms with E-state index in [-0.39, 0.29) is 22.5 Å². The Balaban J connectivity index is 1.80. The van der Waals surface area contributed by atoms with E-state index in [2.05, 4.69) is 4.98 Å². The van der Waals surface area contributed by atoms with Crippen molar-refractivity contribution in [2.75, 3.05) is 0 Å². The fourth-order valence-corrected chi connectivity index (χ4v) is 4.85. The molecule has 0 amide bonds. The molecule has 1 aromatic heterocycles. The number of pyridine rings is 1. The first-order valence-electron chi connectivity index (χ1n) is 10.4. The molecule has 0 aliphatic heterocycles. The number of ketones is 1. The molecule has 7 heteroatoms. The van der Waals surface area contributed by atoms with Gasteiger partial charge in [0.15, 0.2) is 12.0 Å². The van der Waals surface area contributed by atoms with Crippen LogP contribution in [0, 0.1) is 5.82 Å². The Bertz CT molecular complexity index is 1250. The molecule has 0 fully saturated rings. The van der Waals surface area contributed by atoms with Gasteiger partial charge in [-0.15, -0.1) is 0 Å². The molecule has 32 heavy (non-hydrogen) atoms. The van der Waals surface area contributed by atoms with E-state index in [0.29, 0.717) is 47.3 Å². The molecule has 1 heterocycles. The van der Waals surface area contributed by atoms with Gasteiger partial charge in [0.1, 0.15) is 5.82 Å². The van der Waals surface area contributed by atoms with E-state index in [1.165, 1.54) is 24.3 Å². The summed E-state index contributed by atoms with van der Waals surface area (Å²) in [4.78, 5) is 17.5. The molecule has 0 spiro atoms. The maximum atomic E-state index is 16.0. The molecule has 164 valence electrons. The van der Waals surface area contributed by atoms with Crippen LogP contribution >= 0.6 is 0 Å². The number of Topliss-reactive ketones (excluding diaryl/α,β-unsaturated/α-hetero) is 1. The molecule has 2 aliphatic carbocycles. The zero-order valence-corrected chi connectivity index (χ0v) is 17.1. The molecule has 2 aliphatic rings. The number of hydrogen-bond donors (Lipinski definition) is 0. The third-order valence-electron chi connectivity index (χ3n) is 6.39. The molecule has 0 saturated carbocycles. The largest absolute Gasteiger partial charge is 0.416 e. The first kappa shape index (κ1) is 20.8. The minimum absolute atomic E-state index is 0.131. The number of fused-ring (bicyclic) bond motifs is 3. The van der Waals surface area contributed by atoms with Crippen molar-refractivity contribution >= 4 is 5.78 Å². The van der Waals surface area contributed by atoms with Crippen molar-refractivity contribution in [3.8, 4) is 11.1 Å². The Morgan fingerprint density at radius 1 is 0.969 bits per heavy atom. The molecular weight excluding hydrogens is 425 g/mol. The standard InChI is InChI=1S/C25H18F5NO/c1-12-17-11-14(25(28,29)30)7-10-16(17)23(27)22-20(13-5-8-15(26)9-6-13)21-18(31-24(12)22)3-2-4-19(21)32/h5-12,23H,2-4H2,1H3. The second kappa shape index (κ2) is 7.22. The number of nitrogens with zero attached hydrogens (tertiary/aromatic N) is 1. The van der Waals surface area contributed by atoms with Gasteiger partial charge in [-0.25, -0.2) is 8.78 Å². The predicted octanol–water partition coefficient (Wildman–Crippen LogP) is 6.95. The van der Waals surface area contributed by atoms with E-state index in [4.69, 9.17) is 0 Å². The molecule has 0 bridgehead atoms. The first-order chi connectivity index (χ1) is 15.2. The summed E-state index contributed by atoms with van der Waals surface area (Å²) in [6, 6.07) is 8.49. The van der Waals surface area contributed by atoms with Gasteiger partial charge in [0.2, 0.25) is 0 Å². The molecular formula is C25H18F5NO. The second-order valence-corrected chi connectivity index (χ2v) is 8.32. The Morgan fingerprint density at radius 3 is 2.38 bits per heavy atom. The molecule has 2 atom stereocenters.